The van der Waals surface area contributed by atoms with Gasteiger partial charge in [-0.2, -0.15) is 0 Å². The molecule has 1 aliphatic rings. The molecule has 0 saturated carbocycles. The molecule has 7 heteroatoms. The lowest BCUT2D eigenvalue weighted by atomic mass is 10.1. The first-order valence-corrected chi connectivity index (χ1v) is 10.9. The Morgan fingerprint density at radius 1 is 1.27 bits per heavy atom. The van der Waals surface area contributed by atoms with Gasteiger partial charge in [0, 0.05) is 0 Å². The summed E-state index contributed by atoms with van der Waals surface area (Å²) in [5, 5.41) is 3.81. The fourth-order valence-electron chi connectivity index (χ4n) is 2.89. The van der Waals surface area contributed by atoms with Gasteiger partial charge in [0.15, 0.2) is 16.7 Å². The molecular formula is C23H25ClN2O3S. The zero-order valence-electron chi connectivity index (χ0n) is 17.7. The van der Waals surface area contributed by atoms with E-state index in [0.29, 0.717) is 26.6 Å². The molecule has 0 spiro atoms. The first-order chi connectivity index (χ1) is 14.3. The Morgan fingerprint density at radius 2 is 2.03 bits per heavy atom. The van der Waals surface area contributed by atoms with Gasteiger partial charge in [-0.1, -0.05) is 36.2 Å². The highest BCUT2D eigenvalue weighted by atomic mass is 35.5. The van der Waals surface area contributed by atoms with Crippen LogP contribution in [0.2, 0.25) is 5.02 Å². The van der Waals surface area contributed by atoms with E-state index in [0.717, 1.165) is 23.2 Å². The van der Waals surface area contributed by atoms with Gasteiger partial charge in [-0.15, -0.1) is 0 Å². The monoisotopic (exact) mass is 444 g/mol. The Bertz CT molecular complexity index is 1030. The molecular weight excluding hydrogens is 420 g/mol. The van der Waals surface area contributed by atoms with Crippen molar-refractivity contribution in [3.05, 3.63) is 56.9 Å². The first kappa shape index (κ1) is 22.2. The second-order valence-electron chi connectivity index (χ2n) is 7.14. The van der Waals surface area contributed by atoms with Crippen molar-refractivity contribution in [3.8, 4) is 11.5 Å². The summed E-state index contributed by atoms with van der Waals surface area (Å²) in [5.74, 6) is 0.844. The second kappa shape index (κ2) is 9.58. The number of thioether (sulfide) groups is 1. The molecule has 1 N–H and O–H groups in total. The maximum Gasteiger partial charge on any atom is 0.264 e. The van der Waals surface area contributed by atoms with Crippen LogP contribution in [0.25, 0.3) is 6.08 Å². The molecule has 30 heavy (non-hydrogen) atoms. The molecule has 0 radical (unpaired) electrons. The van der Waals surface area contributed by atoms with Crippen LogP contribution in [0, 0.1) is 13.8 Å². The largest absolute Gasteiger partial charge is 0.493 e. The Morgan fingerprint density at radius 3 is 2.70 bits per heavy atom. The summed E-state index contributed by atoms with van der Waals surface area (Å²) in [7, 11) is 1.57. The number of halogens is 1. The van der Waals surface area contributed by atoms with Crippen LogP contribution in [0.5, 0.6) is 11.5 Å². The van der Waals surface area contributed by atoms with Crippen molar-refractivity contribution < 1.29 is 14.3 Å². The molecule has 1 atom stereocenters. The number of amidine groups is 1. The molecule has 5 nitrogen and oxygen atoms in total. The van der Waals surface area contributed by atoms with E-state index in [1.165, 1.54) is 17.3 Å². The van der Waals surface area contributed by atoms with Crippen LogP contribution < -0.4 is 14.8 Å². The summed E-state index contributed by atoms with van der Waals surface area (Å²) in [6.07, 6.45) is 2.64. The fourth-order valence-corrected chi connectivity index (χ4v) is 3.99. The van der Waals surface area contributed by atoms with Gasteiger partial charge in [-0.25, -0.2) is 4.99 Å². The van der Waals surface area contributed by atoms with Gasteiger partial charge in [0.2, 0.25) is 0 Å². The van der Waals surface area contributed by atoms with Crippen molar-refractivity contribution in [2.24, 2.45) is 4.99 Å². The van der Waals surface area contributed by atoms with E-state index < -0.39 is 0 Å². The topological polar surface area (TPSA) is 59.9 Å². The molecule has 2 aromatic rings. The normalized spacial score (nSPS) is 17.3. The van der Waals surface area contributed by atoms with Crippen LogP contribution in [-0.2, 0) is 4.79 Å². The minimum Gasteiger partial charge on any atom is -0.493 e. The SMILES string of the molecule is CCC(C)Oc1c(Cl)cc(C=C2SC(=Nc3ccc(C)cc3C)NC2=O)cc1OC. The quantitative estimate of drug-likeness (QED) is 0.552. The third-order valence-electron chi connectivity index (χ3n) is 4.67. The highest BCUT2D eigenvalue weighted by molar-refractivity contribution is 8.18. The van der Waals surface area contributed by atoms with E-state index in [4.69, 9.17) is 21.1 Å². The van der Waals surface area contributed by atoms with E-state index in [2.05, 4.69) is 16.4 Å². The molecule has 0 bridgehead atoms. The first-order valence-electron chi connectivity index (χ1n) is 9.71. The third kappa shape index (κ3) is 5.18. The Labute approximate surface area is 186 Å². The Kier molecular flexibility index (Phi) is 7.10. The van der Waals surface area contributed by atoms with Gasteiger partial charge in [-0.05, 0) is 74.4 Å². The molecule has 1 heterocycles. The molecule has 1 unspecified atom stereocenters. The van der Waals surface area contributed by atoms with Crippen molar-refractivity contribution in [2.45, 2.75) is 40.2 Å². The van der Waals surface area contributed by atoms with Crippen molar-refractivity contribution >= 4 is 46.2 Å². The van der Waals surface area contributed by atoms with E-state index in [-0.39, 0.29) is 12.0 Å². The summed E-state index contributed by atoms with van der Waals surface area (Å²) < 4.78 is 11.3. The van der Waals surface area contributed by atoms with Gasteiger partial charge in [0.05, 0.1) is 28.8 Å². The van der Waals surface area contributed by atoms with E-state index in [1.807, 2.05) is 45.9 Å². The lowest BCUT2D eigenvalue weighted by molar-refractivity contribution is -0.115. The minimum atomic E-state index is -0.196. The molecule has 1 fully saturated rings. The molecule has 0 aliphatic carbocycles. The zero-order valence-corrected chi connectivity index (χ0v) is 19.3. The molecule has 2 aromatic carbocycles. The van der Waals surface area contributed by atoms with Crippen LogP contribution in [0.4, 0.5) is 5.69 Å². The number of aliphatic imine (C=N–C) groups is 1. The minimum absolute atomic E-state index is 0.0146. The zero-order chi connectivity index (χ0) is 21.8. The van der Waals surface area contributed by atoms with E-state index in [1.54, 1.807) is 19.3 Å². The molecule has 3 rings (SSSR count). The number of rotatable bonds is 6. The summed E-state index contributed by atoms with van der Waals surface area (Å²) in [4.78, 5) is 17.6. The van der Waals surface area contributed by atoms with Gasteiger partial charge >= 0.3 is 0 Å². The van der Waals surface area contributed by atoms with E-state index >= 15 is 0 Å². The van der Waals surface area contributed by atoms with Crippen LogP contribution in [0.15, 0.2) is 40.2 Å². The standard InChI is InChI=1S/C23H25ClN2O3S/c1-6-15(4)29-21-17(24)10-16(11-19(21)28-5)12-20-22(27)26-23(30-20)25-18-8-7-13(2)9-14(18)3/h7-12,15H,6H2,1-5H3,(H,25,26,27). The number of aryl methyl sites for hydroxylation is 2. The average Bonchev–Trinajstić information content (AvgIpc) is 3.04. The van der Waals surface area contributed by atoms with Crippen molar-refractivity contribution in [3.63, 3.8) is 0 Å². The summed E-state index contributed by atoms with van der Waals surface area (Å²) >= 11 is 7.73. The number of amides is 1. The molecule has 1 saturated heterocycles. The Hall–Kier alpha value is -2.44. The van der Waals surface area contributed by atoms with Crippen LogP contribution in [-0.4, -0.2) is 24.3 Å². The van der Waals surface area contributed by atoms with Crippen molar-refractivity contribution in [1.29, 1.82) is 0 Å². The summed E-state index contributed by atoms with van der Waals surface area (Å²) in [5.41, 5.74) is 3.81. The van der Waals surface area contributed by atoms with Gasteiger partial charge in [0.1, 0.15) is 0 Å². The molecule has 1 amide bonds. The van der Waals surface area contributed by atoms with Crippen LogP contribution in [0.3, 0.4) is 0 Å². The lowest BCUT2D eigenvalue weighted by Gasteiger charge is -2.17. The lowest BCUT2D eigenvalue weighted by Crippen LogP contribution is -2.19. The number of hydrogen-bond acceptors (Lipinski definition) is 5. The predicted octanol–water partition coefficient (Wildman–Crippen LogP) is 6.03. The van der Waals surface area contributed by atoms with Gasteiger partial charge in [0.25, 0.3) is 5.91 Å². The van der Waals surface area contributed by atoms with Crippen molar-refractivity contribution in [1.82, 2.24) is 5.32 Å². The second-order valence-corrected chi connectivity index (χ2v) is 8.58. The highest BCUT2D eigenvalue weighted by Crippen LogP contribution is 2.39. The van der Waals surface area contributed by atoms with E-state index in [9.17, 15) is 4.79 Å². The summed E-state index contributed by atoms with van der Waals surface area (Å²) in [6.45, 7) is 8.05. The number of methoxy groups -OCH3 is 1. The van der Waals surface area contributed by atoms with Crippen LogP contribution in [0.1, 0.15) is 37.0 Å². The number of ether oxygens (including phenoxy) is 2. The van der Waals surface area contributed by atoms with Gasteiger partial charge in [-0.3, -0.25) is 4.79 Å². The number of carbonyl (C=O) groups excluding carboxylic acids is 1. The predicted molar refractivity (Wildman–Crippen MR) is 125 cm³/mol. The highest BCUT2D eigenvalue weighted by Gasteiger charge is 2.24. The maximum atomic E-state index is 12.4. The molecule has 1 aliphatic heterocycles. The fraction of sp³-hybridized carbons (Fsp3) is 0.304. The number of nitrogens with zero attached hydrogens (tertiary/aromatic N) is 1. The number of benzene rings is 2. The maximum absolute atomic E-state index is 12.4. The summed E-state index contributed by atoms with van der Waals surface area (Å²) in [6, 6.07) is 9.59. The molecule has 0 aromatic heterocycles. The van der Waals surface area contributed by atoms with Crippen LogP contribution >= 0.6 is 23.4 Å². The third-order valence-corrected chi connectivity index (χ3v) is 5.86. The van der Waals surface area contributed by atoms with Gasteiger partial charge < -0.3 is 14.8 Å². The number of hydrogen-bond donors (Lipinski definition) is 1. The smallest absolute Gasteiger partial charge is 0.264 e. The van der Waals surface area contributed by atoms with Crippen molar-refractivity contribution in [2.75, 3.05) is 7.11 Å². The average molecular weight is 445 g/mol. The Balaban J connectivity index is 1.87. The number of nitrogens with one attached hydrogen (secondary N) is 1. The molecule has 158 valence electrons. The number of carbonyl (C=O) groups is 1.